The zero-order valence-electron chi connectivity index (χ0n) is 4.57. The van der Waals surface area contributed by atoms with E-state index in [1.54, 1.807) is 18.2 Å². The van der Waals surface area contributed by atoms with E-state index in [0.29, 0.717) is 15.5 Å². The highest BCUT2D eigenvalue weighted by atomic mass is 35.5. The quantitative estimate of drug-likeness (QED) is 0.503. The molecule has 0 aliphatic rings. The fourth-order valence-electron chi connectivity index (χ4n) is 0.502. The number of hydrogen-bond acceptors (Lipinski definition) is 0. The molecule has 1 rings (SSSR count). The number of hydrogen-bond donors (Lipinski definition) is 0. The molecule has 0 spiro atoms. The van der Waals surface area contributed by atoms with E-state index >= 15 is 0 Å². The molecule has 0 amide bonds. The second-order valence-corrected chi connectivity index (χ2v) is 2.51. The van der Waals surface area contributed by atoms with Crippen LogP contribution in [0.1, 0.15) is 0 Å². The third-order valence-electron chi connectivity index (χ3n) is 0.962. The van der Waals surface area contributed by atoms with Crippen molar-refractivity contribution >= 4 is 36.5 Å². The van der Waals surface area contributed by atoms with Crippen molar-refractivity contribution in [2.24, 2.45) is 0 Å². The summed E-state index contributed by atoms with van der Waals surface area (Å²) in [6.07, 6.45) is 0. The van der Waals surface area contributed by atoms with Gasteiger partial charge in [0, 0.05) is 10.0 Å². The predicted octanol–water partition coefficient (Wildman–Crippen LogP) is 1.79. The molecule has 1 aromatic rings. The van der Waals surface area contributed by atoms with Crippen molar-refractivity contribution in [3.63, 3.8) is 0 Å². The molecule has 44 valence electrons. The van der Waals surface area contributed by atoms with Crippen LogP contribution in [0.25, 0.3) is 0 Å². The summed E-state index contributed by atoms with van der Waals surface area (Å²) in [7, 11) is 5.40. The van der Waals surface area contributed by atoms with E-state index < -0.39 is 0 Å². The van der Waals surface area contributed by atoms with Crippen molar-refractivity contribution in [2.45, 2.75) is 0 Å². The van der Waals surface area contributed by atoms with Crippen LogP contribution in [-0.2, 0) is 0 Å². The summed E-state index contributed by atoms with van der Waals surface area (Å²) in [6, 6.07) is 4.98. The highest BCUT2D eigenvalue weighted by Gasteiger charge is 1.92. The molecular formula is C6H3BCl2. The number of rotatable bonds is 0. The summed E-state index contributed by atoms with van der Waals surface area (Å²) in [4.78, 5) is 0. The lowest BCUT2D eigenvalue weighted by Crippen LogP contribution is -2.01. The number of halogens is 2. The summed E-state index contributed by atoms with van der Waals surface area (Å²) in [5.41, 5.74) is 0.557. The van der Waals surface area contributed by atoms with E-state index in [2.05, 4.69) is 0 Å². The maximum absolute atomic E-state index is 5.60. The van der Waals surface area contributed by atoms with E-state index in [4.69, 9.17) is 31.0 Å². The van der Waals surface area contributed by atoms with Crippen LogP contribution in [0.15, 0.2) is 18.2 Å². The van der Waals surface area contributed by atoms with Crippen molar-refractivity contribution in [1.29, 1.82) is 0 Å². The Hall–Kier alpha value is -0.135. The van der Waals surface area contributed by atoms with Crippen LogP contribution in [0, 0.1) is 0 Å². The van der Waals surface area contributed by atoms with Crippen molar-refractivity contribution in [2.75, 3.05) is 0 Å². The Labute approximate surface area is 65.2 Å². The zero-order chi connectivity index (χ0) is 6.85. The first-order valence-corrected chi connectivity index (χ1v) is 3.16. The van der Waals surface area contributed by atoms with Crippen molar-refractivity contribution in [3.05, 3.63) is 28.2 Å². The molecule has 0 saturated carbocycles. The van der Waals surface area contributed by atoms with Crippen molar-refractivity contribution < 1.29 is 0 Å². The van der Waals surface area contributed by atoms with Gasteiger partial charge in [-0.3, -0.25) is 0 Å². The Morgan fingerprint density at radius 1 is 1.22 bits per heavy atom. The maximum Gasteiger partial charge on any atom is 0.115 e. The van der Waals surface area contributed by atoms with Crippen LogP contribution in [0.2, 0.25) is 10.0 Å². The Morgan fingerprint density at radius 2 is 1.89 bits per heavy atom. The number of benzene rings is 1. The minimum Gasteiger partial charge on any atom is -0.0849 e. The molecule has 0 aliphatic carbocycles. The Kier molecular flexibility index (Phi) is 2.04. The highest BCUT2D eigenvalue weighted by Crippen LogP contribution is 2.11. The van der Waals surface area contributed by atoms with E-state index in [0.717, 1.165) is 0 Å². The lowest BCUT2D eigenvalue weighted by atomic mass is 9.97. The molecule has 0 bridgehead atoms. The second kappa shape index (κ2) is 2.63. The first-order chi connectivity index (χ1) is 4.20. The highest BCUT2D eigenvalue weighted by molar-refractivity contribution is 6.45. The largest absolute Gasteiger partial charge is 0.115 e. The fourth-order valence-corrected chi connectivity index (χ4v) is 0.910. The van der Waals surface area contributed by atoms with Gasteiger partial charge < -0.3 is 0 Å². The van der Waals surface area contributed by atoms with Gasteiger partial charge >= 0.3 is 0 Å². The van der Waals surface area contributed by atoms with E-state index in [1.807, 2.05) is 0 Å². The fraction of sp³-hybridized carbons (Fsp3) is 0. The molecule has 0 atom stereocenters. The molecule has 1 aromatic carbocycles. The lowest BCUT2D eigenvalue weighted by Gasteiger charge is -1.95. The second-order valence-electron chi connectivity index (χ2n) is 1.67. The minimum atomic E-state index is 0.502. The first kappa shape index (κ1) is 6.98. The average molecular weight is 157 g/mol. The van der Waals surface area contributed by atoms with Crippen molar-refractivity contribution in [3.8, 4) is 0 Å². The third kappa shape index (κ3) is 1.63. The Balaban J connectivity index is 3.17. The van der Waals surface area contributed by atoms with Crippen LogP contribution in [-0.4, -0.2) is 7.85 Å². The molecule has 0 N–H and O–H groups in total. The van der Waals surface area contributed by atoms with Crippen LogP contribution in [0.4, 0.5) is 0 Å². The normalized spacial score (nSPS) is 9.56. The van der Waals surface area contributed by atoms with Crippen molar-refractivity contribution in [1.82, 2.24) is 0 Å². The van der Waals surface area contributed by atoms with Gasteiger partial charge in [-0.15, -0.1) is 0 Å². The smallest absolute Gasteiger partial charge is 0.0849 e. The van der Waals surface area contributed by atoms with Gasteiger partial charge in [-0.05, 0) is 12.1 Å². The Morgan fingerprint density at radius 3 is 2.33 bits per heavy atom. The average Bonchev–Trinajstić information content (AvgIpc) is 1.80. The first-order valence-electron chi connectivity index (χ1n) is 2.40. The van der Waals surface area contributed by atoms with Gasteiger partial charge in [0.1, 0.15) is 7.85 Å². The van der Waals surface area contributed by atoms with Crippen LogP contribution in [0.5, 0.6) is 0 Å². The molecule has 0 heterocycles. The minimum absolute atomic E-state index is 0.502. The van der Waals surface area contributed by atoms with Gasteiger partial charge in [-0.1, -0.05) is 34.7 Å². The van der Waals surface area contributed by atoms with Gasteiger partial charge in [0.05, 0.1) is 0 Å². The van der Waals surface area contributed by atoms with Gasteiger partial charge in [-0.25, -0.2) is 0 Å². The predicted molar refractivity (Wildman–Crippen MR) is 41.9 cm³/mol. The zero-order valence-corrected chi connectivity index (χ0v) is 6.08. The van der Waals surface area contributed by atoms with Gasteiger partial charge in [-0.2, -0.15) is 0 Å². The maximum atomic E-state index is 5.60. The molecule has 3 heteroatoms. The summed E-state index contributed by atoms with van der Waals surface area (Å²) < 4.78 is 0. The van der Waals surface area contributed by atoms with Crippen LogP contribution in [0.3, 0.4) is 0 Å². The third-order valence-corrected chi connectivity index (χ3v) is 1.52. The van der Waals surface area contributed by atoms with Gasteiger partial charge in [0.25, 0.3) is 0 Å². The van der Waals surface area contributed by atoms with Crippen LogP contribution >= 0.6 is 23.2 Å². The molecule has 0 aromatic heterocycles. The van der Waals surface area contributed by atoms with E-state index in [9.17, 15) is 0 Å². The van der Waals surface area contributed by atoms with Gasteiger partial charge in [0.2, 0.25) is 0 Å². The lowest BCUT2D eigenvalue weighted by molar-refractivity contribution is 1.76. The summed E-state index contributed by atoms with van der Waals surface area (Å²) in [6.45, 7) is 0. The van der Waals surface area contributed by atoms with Crippen LogP contribution < -0.4 is 5.46 Å². The SMILES string of the molecule is [B]c1ccc(Cl)cc1Cl. The monoisotopic (exact) mass is 156 g/mol. The molecule has 0 fully saturated rings. The molecule has 0 aliphatic heterocycles. The molecule has 0 nitrogen and oxygen atoms in total. The standard InChI is InChI=1S/C6H3BCl2/c7-5-2-1-4(8)3-6(5)9/h1-3H. The molecular weight excluding hydrogens is 154 g/mol. The van der Waals surface area contributed by atoms with E-state index in [1.165, 1.54) is 0 Å². The summed E-state index contributed by atoms with van der Waals surface area (Å²) in [5.74, 6) is 0. The molecule has 2 radical (unpaired) electrons. The molecule has 0 saturated heterocycles. The molecule has 9 heavy (non-hydrogen) atoms. The summed E-state index contributed by atoms with van der Waals surface area (Å²) >= 11 is 11.2. The summed E-state index contributed by atoms with van der Waals surface area (Å²) in [5, 5.41) is 1.11. The van der Waals surface area contributed by atoms with Gasteiger partial charge in [0.15, 0.2) is 0 Å². The topological polar surface area (TPSA) is 0 Å². The molecule has 0 unspecified atom stereocenters. The van der Waals surface area contributed by atoms with E-state index in [-0.39, 0.29) is 0 Å². The Bertz CT molecular complexity index is 222.